The summed E-state index contributed by atoms with van der Waals surface area (Å²) in [7, 11) is 0.952. The molecule has 1 heterocycles. The van der Waals surface area contributed by atoms with E-state index >= 15 is 0 Å². The minimum Gasteiger partial charge on any atom is -0.491 e. The quantitative estimate of drug-likeness (QED) is 0.566. The monoisotopic (exact) mass is 224 g/mol. The van der Waals surface area contributed by atoms with Gasteiger partial charge in [0.2, 0.25) is 0 Å². The van der Waals surface area contributed by atoms with Gasteiger partial charge in [-0.1, -0.05) is 19.1 Å². The normalized spacial score (nSPS) is 21.9. The fourth-order valence-electron chi connectivity index (χ4n) is 1.37. The number of rotatable bonds is 5. The predicted molar refractivity (Wildman–Crippen MR) is 64.3 cm³/mol. The summed E-state index contributed by atoms with van der Waals surface area (Å²) in [6, 6.07) is 8.41. The van der Waals surface area contributed by atoms with Gasteiger partial charge in [-0.2, -0.15) is 0 Å². The van der Waals surface area contributed by atoms with Crippen molar-refractivity contribution >= 4 is 8.58 Å². The van der Waals surface area contributed by atoms with Gasteiger partial charge >= 0.3 is 0 Å². The van der Waals surface area contributed by atoms with Crippen molar-refractivity contribution < 1.29 is 9.47 Å². The summed E-state index contributed by atoms with van der Waals surface area (Å²) in [5.74, 6) is 0.945. The lowest BCUT2D eigenvalue weighted by molar-refractivity contribution is 0.263. The Morgan fingerprint density at radius 3 is 2.67 bits per heavy atom. The molecule has 0 aliphatic carbocycles. The maximum atomic E-state index is 5.58. The summed E-state index contributed by atoms with van der Waals surface area (Å²) < 4.78 is 10.7. The molecule has 3 heteroatoms. The van der Waals surface area contributed by atoms with Gasteiger partial charge in [0, 0.05) is 0 Å². The smallest absolute Gasteiger partial charge is 0.119 e. The Labute approximate surface area is 92.8 Å². The Morgan fingerprint density at radius 1 is 1.47 bits per heavy atom. The van der Waals surface area contributed by atoms with Crippen LogP contribution in [0, 0.1) is 0 Å². The molecule has 0 bridgehead atoms. The second-order valence-corrected chi connectivity index (χ2v) is 5.29. The zero-order valence-corrected chi connectivity index (χ0v) is 10.2. The maximum absolute atomic E-state index is 5.58. The molecule has 2 rings (SSSR count). The van der Waals surface area contributed by atoms with Gasteiger partial charge in [0.1, 0.15) is 18.5 Å². The van der Waals surface area contributed by atoms with Crippen molar-refractivity contribution in [1.29, 1.82) is 0 Å². The molecule has 0 spiro atoms. The predicted octanol–water partition coefficient (Wildman–Crippen LogP) is 2.83. The first-order valence-corrected chi connectivity index (χ1v) is 6.89. The van der Waals surface area contributed by atoms with E-state index in [9.17, 15) is 0 Å². The number of epoxide rings is 1. The molecule has 1 aliphatic heterocycles. The highest BCUT2D eigenvalue weighted by atomic mass is 31.1. The lowest BCUT2D eigenvalue weighted by Crippen LogP contribution is -2.03. The van der Waals surface area contributed by atoms with Gasteiger partial charge in [0.15, 0.2) is 0 Å². The van der Waals surface area contributed by atoms with Crippen LogP contribution in [0.25, 0.3) is 0 Å². The highest BCUT2D eigenvalue weighted by Gasteiger charge is 2.22. The van der Waals surface area contributed by atoms with E-state index in [2.05, 4.69) is 25.7 Å². The molecule has 1 aliphatic rings. The van der Waals surface area contributed by atoms with Crippen molar-refractivity contribution in [2.24, 2.45) is 0 Å². The van der Waals surface area contributed by atoms with Crippen molar-refractivity contribution in [2.45, 2.75) is 18.7 Å². The third kappa shape index (κ3) is 3.19. The molecule has 3 unspecified atom stereocenters. The maximum Gasteiger partial charge on any atom is 0.119 e. The molecule has 82 valence electrons. The summed E-state index contributed by atoms with van der Waals surface area (Å²) in [5, 5.41) is 0. The van der Waals surface area contributed by atoms with Crippen LogP contribution in [0.15, 0.2) is 24.3 Å². The topological polar surface area (TPSA) is 21.8 Å². The van der Waals surface area contributed by atoms with Gasteiger partial charge in [0.25, 0.3) is 0 Å². The zero-order chi connectivity index (χ0) is 10.7. The Hall–Kier alpha value is -0.590. The second-order valence-electron chi connectivity index (χ2n) is 3.85. The van der Waals surface area contributed by atoms with Crippen LogP contribution in [0.4, 0.5) is 0 Å². The van der Waals surface area contributed by atoms with Crippen molar-refractivity contribution in [3.63, 3.8) is 0 Å². The number of benzene rings is 1. The van der Waals surface area contributed by atoms with Crippen LogP contribution < -0.4 is 4.74 Å². The molecule has 0 radical (unpaired) electrons. The third-order valence-electron chi connectivity index (χ3n) is 2.65. The number of hydrogen-bond donors (Lipinski definition) is 0. The van der Waals surface area contributed by atoms with E-state index in [1.54, 1.807) is 0 Å². The van der Waals surface area contributed by atoms with E-state index < -0.39 is 0 Å². The first-order chi connectivity index (χ1) is 7.29. The van der Waals surface area contributed by atoms with Gasteiger partial charge in [-0.3, -0.25) is 0 Å². The lowest BCUT2D eigenvalue weighted by Gasteiger charge is -2.10. The Morgan fingerprint density at radius 2 is 2.13 bits per heavy atom. The average Bonchev–Trinajstić information content (AvgIpc) is 3.10. The average molecular weight is 224 g/mol. The molecular formula is C12H17O2P. The van der Waals surface area contributed by atoms with Gasteiger partial charge in [0.05, 0.1) is 6.61 Å². The number of ether oxygens (including phenoxy) is 2. The van der Waals surface area contributed by atoms with E-state index in [1.807, 2.05) is 12.1 Å². The Bertz CT molecular complexity index is 306. The Kier molecular flexibility index (Phi) is 3.61. The summed E-state index contributed by atoms with van der Waals surface area (Å²) in [6.45, 7) is 6.03. The van der Waals surface area contributed by atoms with E-state index in [0.29, 0.717) is 18.4 Å². The molecule has 15 heavy (non-hydrogen) atoms. The first kappa shape index (κ1) is 10.9. The fraction of sp³-hybridized carbons (Fsp3) is 0.500. The molecule has 0 N–H and O–H groups in total. The molecule has 1 fully saturated rings. The largest absolute Gasteiger partial charge is 0.491 e. The van der Waals surface area contributed by atoms with Crippen LogP contribution in [0.2, 0.25) is 0 Å². The van der Waals surface area contributed by atoms with Crippen LogP contribution in [-0.4, -0.2) is 26.0 Å². The van der Waals surface area contributed by atoms with E-state index in [0.717, 1.165) is 20.9 Å². The lowest BCUT2D eigenvalue weighted by atomic mass is 10.1. The molecule has 2 nitrogen and oxygen atoms in total. The Balaban J connectivity index is 1.90. The van der Waals surface area contributed by atoms with Gasteiger partial charge < -0.3 is 9.47 Å². The molecule has 1 aromatic rings. The molecule has 0 saturated carbocycles. The third-order valence-corrected chi connectivity index (χ3v) is 3.85. The molecule has 3 atom stereocenters. The molecular weight excluding hydrogens is 207 g/mol. The summed E-state index contributed by atoms with van der Waals surface area (Å²) in [4.78, 5) is 0. The fourth-order valence-corrected chi connectivity index (χ4v) is 1.90. The van der Waals surface area contributed by atoms with Crippen LogP contribution in [-0.2, 0) is 4.74 Å². The van der Waals surface area contributed by atoms with Crippen molar-refractivity contribution in [1.82, 2.24) is 0 Å². The second kappa shape index (κ2) is 4.96. The molecule has 0 aromatic heterocycles. The summed E-state index contributed by atoms with van der Waals surface area (Å²) >= 11 is 0. The van der Waals surface area contributed by atoms with Crippen molar-refractivity contribution in [3.8, 4) is 5.75 Å². The zero-order valence-electron chi connectivity index (χ0n) is 9.19. The van der Waals surface area contributed by atoms with Crippen molar-refractivity contribution in [2.75, 3.05) is 19.9 Å². The van der Waals surface area contributed by atoms with Gasteiger partial charge in [-0.25, -0.2) is 0 Å². The summed E-state index contributed by atoms with van der Waals surface area (Å²) in [5.41, 5.74) is 2.05. The molecule has 0 amide bonds. The van der Waals surface area contributed by atoms with Gasteiger partial charge in [-0.05, 0) is 30.0 Å². The minimum absolute atomic E-state index is 0.334. The van der Waals surface area contributed by atoms with Gasteiger partial charge in [-0.15, -0.1) is 8.58 Å². The molecule has 1 aromatic carbocycles. The first-order valence-electron chi connectivity index (χ1n) is 5.31. The van der Waals surface area contributed by atoms with Crippen molar-refractivity contribution in [3.05, 3.63) is 29.8 Å². The highest BCUT2D eigenvalue weighted by Crippen LogP contribution is 2.31. The minimum atomic E-state index is 0.334. The van der Waals surface area contributed by atoms with E-state index in [-0.39, 0.29) is 0 Å². The van der Waals surface area contributed by atoms with Crippen LogP contribution in [0.5, 0.6) is 5.75 Å². The van der Waals surface area contributed by atoms with Crippen LogP contribution in [0.3, 0.4) is 0 Å². The van der Waals surface area contributed by atoms with E-state index in [1.165, 1.54) is 5.56 Å². The SMILES string of the molecule is CPC(C)c1ccc(OCC2CO2)cc1. The van der Waals surface area contributed by atoms with E-state index in [4.69, 9.17) is 9.47 Å². The van der Waals surface area contributed by atoms with Crippen LogP contribution >= 0.6 is 8.58 Å². The standard InChI is InChI=1S/C12H17O2P/c1-9(15-2)10-3-5-11(6-4-10)13-7-12-8-14-12/h3-6,9,12,15H,7-8H2,1-2H3. The van der Waals surface area contributed by atoms with Crippen LogP contribution in [0.1, 0.15) is 18.1 Å². The molecule has 1 saturated heterocycles. The summed E-state index contributed by atoms with van der Waals surface area (Å²) in [6.07, 6.45) is 0.334. The highest BCUT2D eigenvalue weighted by molar-refractivity contribution is 7.37. The number of hydrogen-bond acceptors (Lipinski definition) is 2.